The van der Waals surface area contributed by atoms with E-state index in [1.807, 2.05) is 37.4 Å². The van der Waals surface area contributed by atoms with Crippen LogP contribution >= 0.6 is 0 Å². The average Bonchev–Trinajstić information content (AvgIpc) is 2.97. The minimum absolute atomic E-state index is 0.0292. The summed E-state index contributed by atoms with van der Waals surface area (Å²) in [5.41, 5.74) is 3.92. The van der Waals surface area contributed by atoms with Gasteiger partial charge in [0.2, 0.25) is 5.72 Å². The fourth-order valence-corrected chi connectivity index (χ4v) is 5.05. The molecule has 0 saturated heterocycles. The van der Waals surface area contributed by atoms with Crippen molar-refractivity contribution in [3.8, 4) is 22.6 Å². The van der Waals surface area contributed by atoms with Crippen LogP contribution in [0.25, 0.3) is 17.2 Å². The van der Waals surface area contributed by atoms with Crippen molar-refractivity contribution in [2.45, 2.75) is 25.0 Å². The van der Waals surface area contributed by atoms with Crippen LogP contribution < -0.4 is 14.4 Å². The number of hydrogen-bond acceptors (Lipinski definition) is 5. The molecule has 6 heteroatoms. The molecule has 6 nitrogen and oxygen atoms in total. The summed E-state index contributed by atoms with van der Waals surface area (Å²) in [6.45, 7) is 4.33. The van der Waals surface area contributed by atoms with Crippen LogP contribution in [0.15, 0.2) is 66.7 Å². The lowest BCUT2D eigenvalue weighted by Gasteiger charge is -2.46. The van der Waals surface area contributed by atoms with Crippen LogP contribution in [0.2, 0.25) is 0 Å². The number of methoxy groups -OCH3 is 1. The van der Waals surface area contributed by atoms with Gasteiger partial charge in [0, 0.05) is 24.2 Å². The molecule has 3 aromatic rings. The highest BCUT2D eigenvalue weighted by molar-refractivity contribution is 5.86. The van der Waals surface area contributed by atoms with E-state index in [1.54, 1.807) is 0 Å². The maximum atomic E-state index is 11.4. The van der Waals surface area contributed by atoms with Crippen LogP contribution in [-0.2, 0) is 5.41 Å². The summed E-state index contributed by atoms with van der Waals surface area (Å²) < 4.78 is 12.2. The number of para-hydroxylation sites is 1. The van der Waals surface area contributed by atoms with Gasteiger partial charge in [0.25, 0.3) is 5.69 Å². The zero-order chi connectivity index (χ0) is 22.7. The highest BCUT2D eigenvalue weighted by Crippen LogP contribution is 2.57. The first-order valence-electron chi connectivity index (χ1n) is 10.5. The number of ether oxygens (including phenoxy) is 2. The molecule has 0 fully saturated rings. The van der Waals surface area contributed by atoms with Gasteiger partial charge in [-0.15, -0.1) is 0 Å². The smallest absolute Gasteiger partial charge is 0.274 e. The van der Waals surface area contributed by atoms with Gasteiger partial charge in [-0.1, -0.05) is 48.5 Å². The number of rotatable bonds is 3. The minimum Gasteiger partial charge on any atom is -0.493 e. The predicted molar refractivity (Wildman–Crippen MR) is 125 cm³/mol. The monoisotopic (exact) mass is 428 g/mol. The van der Waals surface area contributed by atoms with E-state index in [9.17, 15) is 10.1 Å². The van der Waals surface area contributed by atoms with Crippen LogP contribution in [0.5, 0.6) is 11.5 Å². The Kier molecular flexibility index (Phi) is 4.31. The van der Waals surface area contributed by atoms with Crippen molar-refractivity contribution < 1.29 is 14.4 Å². The Morgan fingerprint density at radius 3 is 2.50 bits per heavy atom. The fraction of sp³-hybridized carbons (Fsp3) is 0.231. The molecule has 2 heterocycles. The van der Waals surface area contributed by atoms with E-state index in [0.29, 0.717) is 17.1 Å². The molecule has 2 aliphatic heterocycles. The van der Waals surface area contributed by atoms with Crippen LogP contribution in [-0.4, -0.2) is 24.8 Å². The van der Waals surface area contributed by atoms with Gasteiger partial charge in [0.15, 0.2) is 11.5 Å². The van der Waals surface area contributed by atoms with E-state index in [2.05, 4.69) is 49.1 Å². The SMILES string of the molecule is COc1cc([N+](=O)[O-])cc2c1OC1(C=C2)N(C)c2c(-c3ccccc3)cccc2C1(C)C. The number of nitrogens with zero attached hydrogens (tertiary/aromatic N) is 2. The molecule has 0 saturated carbocycles. The van der Waals surface area contributed by atoms with E-state index < -0.39 is 16.1 Å². The van der Waals surface area contributed by atoms with Gasteiger partial charge in [-0.3, -0.25) is 10.1 Å². The predicted octanol–water partition coefficient (Wildman–Crippen LogP) is 5.80. The molecule has 0 bridgehead atoms. The number of likely N-dealkylation sites (N-methyl/N-ethyl adjacent to an activating group) is 1. The summed E-state index contributed by atoms with van der Waals surface area (Å²) in [6, 6.07) is 19.6. The molecule has 0 N–H and O–H groups in total. The third kappa shape index (κ3) is 2.59. The van der Waals surface area contributed by atoms with Crippen molar-refractivity contribution in [1.29, 1.82) is 0 Å². The number of hydrogen-bond donors (Lipinski definition) is 0. The van der Waals surface area contributed by atoms with Crippen molar-refractivity contribution >= 4 is 17.5 Å². The van der Waals surface area contributed by atoms with E-state index in [4.69, 9.17) is 9.47 Å². The largest absolute Gasteiger partial charge is 0.493 e. The number of non-ortho nitro benzene ring substituents is 1. The van der Waals surface area contributed by atoms with Gasteiger partial charge in [-0.2, -0.15) is 0 Å². The Hall–Kier alpha value is -3.80. The Morgan fingerprint density at radius 1 is 1.06 bits per heavy atom. The summed E-state index contributed by atoms with van der Waals surface area (Å²) in [4.78, 5) is 13.1. The van der Waals surface area contributed by atoms with Gasteiger partial charge in [0.1, 0.15) is 0 Å². The lowest BCUT2D eigenvalue weighted by Crippen LogP contribution is -2.58. The number of fused-ring (bicyclic) bond motifs is 2. The van der Waals surface area contributed by atoms with Gasteiger partial charge >= 0.3 is 0 Å². The van der Waals surface area contributed by atoms with Gasteiger partial charge in [-0.25, -0.2) is 0 Å². The zero-order valence-corrected chi connectivity index (χ0v) is 18.5. The second-order valence-electron chi connectivity index (χ2n) is 8.71. The second-order valence-corrected chi connectivity index (χ2v) is 8.71. The summed E-state index contributed by atoms with van der Waals surface area (Å²) in [5.74, 6) is 0.857. The molecule has 32 heavy (non-hydrogen) atoms. The van der Waals surface area contributed by atoms with Crippen molar-refractivity contribution in [1.82, 2.24) is 0 Å². The first-order chi connectivity index (χ1) is 15.3. The van der Waals surface area contributed by atoms with Crippen LogP contribution in [0.3, 0.4) is 0 Å². The van der Waals surface area contributed by atoms with Crippen molar-refractivity contribution in [3.05, 3.63) is 88.0 Å². The van der Waals surface area contributed by atoms with Crippen molar-refractivity contribution in [2.24, 2.45) is 0 Å². The maximum Gasteiger partial charge on any atom is 0.274 e. The van der Waals surface area contributed by atoms with Crippen LogP contribution in [0.4, 0.5) is 11.4 Å². The zero-order valence-electron chi connectivity index (χ0n) is 18.5. The fourth-order valence-electron chi connectivity index (χ4n) is 5.05. The van der Waals surface area contributed by atoms with Gasteiger partial charge < -0.3 is 14.4 Å². The van der Waals surface area contributed by atoms with Crippen molar-refractivity contribution in [3.63, 3.8) is 0 Å². The van der Waals surface area contributed by atoms with Gasteiger partial charge in [-0.05, 0) is 37.1 Å². The molecule has 2 aliphatic rings. The number of nitro groups is 1. The molecule has 1 unspecified atom stereocenters. The number of anilines is 1. The summed E-state index contributed by atoms with van der Waals surface area (Å²) in [5, 5.41) is 11.4. The van der Waals surface area contributed by atoms with E-state index in [-0.39, 0.29) is 5.69 Å². The molecule has 1 atom stereocenters. The molecule has 3 aromatic carbocycles. The molecule has 0 aliphatic carbocycles. The number of nitro benzene ring substituents is 1. The minimum atomic E-state index is -0.823. The van der Waals surface area contributed by atoms with E-state index >= 15 is 0 Å². The lowest BCUT2D eigenvalue weighted by atomic mass is 9.76. The summed E-state index contributed by atoms with van der Waals surface area (Å²) >= 11 is 0. The lowest BCUT2D eigenvalue weighted by molar-refractivity contribution is -0.385. The Balaban J connectivity index is 1.69. The average molecular weight is 428 g/mol. The molecule has 0 aromatic heterocycles. The summed E-state index contributed by atoms with van der Waals surface area (Å²) in [6.07, 6.45) is 3.91. The maximum absolute atomic E-state index is 11.4. The summed E-state index contributed by atoms with van der Waals surface area (Å²) in [7, 11) is 3.53. The topological polar surface area (TPSA) is 64.8 Å². The number of benzene rings is 3. The Morgan fingerprint density at radius 2 is 1.81 bits per heavy atom. The highest BCUT2D eigenvalue weighted by Gasteiger charge is 2.58. The third-order valence-electron chi connectivity index (χ3n) is 6.77. The van der Waals surface area contributed by atoms with E-state index in [0.717, 1.165) is 16.8 Å². The highest BCUT2D eigenvalue weighted by atomic mass is 16.6. The third-order valence-corrected chi connectivity index (χ3v) is 6.77. The van der Waals surface area contributed by atoms with Crippen molar-refractivity contribution in [2.75, 3.05) is 19.1 Å². The first-order valence-corrected chi connectivity index (χ1v) is 10.5. The molecule has 0 amide bonds. The second kappa shape index (κ2) is 6.85. The van der Waals surface area contributed by atoms with Crippen LogP contribution in [0.1, 0.15) is 25.0 Å². The molecule has 0 radical (unpaired) electrons. The van der Waals surface area contributed by atoms with Gasteiger partial charge in [0.05, 0.1) is 29.2 Å². The quantitative estimate of drug-likeness (QED) is 0.390. The standard InChI is InChI=1S/C26H24N2O4/c1-25(2)21-12-8-11-20(17-9-6-5-7-10-17)23(21)27(3)26(25)14-13-18-15-19(28(29)30)16-22(31-4)24(18)32-26/h5-16H,1-4H3. The molecule has 162 valence electrons. The molecule has 5 rings (SSSR count). The molecule has 1 spiro atoms. The van der Waals surface area contributed by atoms with Crippen LogP contribution in [0, 0.1) is 10.1 Å². The normalized spacial score (nSPS) is 19.9. The molecular weight excluding hydrogens is 404 g/mol. The molecular formula is C26H24N2O4. The first kappa shape index (κ1) is 20.1. The Labute approximate surface area is 186 Å². The Bertz CT molecular complexity index is 1270. The van der Waals surface area contributed by atoms with E-state index in [1.165, 1.54) is 24.8 Å².